The van der Waals surface area contributed by atoms with Gasteiger partial charge in [-0.15, -0.1) is 0 Å². The van der Waals surface area contributed by atoms with Gasteiger partial charge in [-0.25, -0.2) is 0 Å². The maximum atomic E-state index is 12.0. The Bertz CT molecular complexity index is 589. The van der Waals surface area contributed by atoms with Crippen molar-refractivity contribution in [3.63, 3.8) is 0 Å². The van der Waals surface area contributed by atoms with Crippen molar-refractivity contribution in [1.82, 2.24) is 10.5 Å². The van der Waals surface area contributed by atoms with E-state index in [1.807, 2.05) is 12.1 Å². The largest absolute Gasteiger partial charge is 0.412 e. The van der Waals surface area contributed by atoms with E-state index in [1.54, 1.807) is 19.1 Å². The summed E-state index contributed by atoms with van der Waals surface area (Å²) in [5, 5.41) is 7.62. The molecule has 2 aromatic rings. The molecule has 5 N–H and O–H groups in total. The summed E-state index contributed by atoms with van der Waals surface area (Å²) in [4.78, 5) is 12.0. The van der Waals surface area contributed by atoms with Gasteiger partial charge >= 0.3 is 0 Å². The normalized spacial score (nSPS) is 9.30. The summed E-state index contributed by atoms with van der Waals surface area (Å²) >= 11 is 8.53. The van der Waals surface area contributed by atoms with Crippen LogP contribution in [-0.2, 0) is 0 Å². The molecular weight excluding hydrogens is 299 g/mol. The molecule has 0 saturated heterocycles. The third-order valence-electron chi connectivity index (χ3n) is 2.48. The van der Waals surface area contributed by atoms with Crippen LogP contribution in [0.4, 0.5) is 0 Å². The predicted octanol–water partition coefficient (Wildman–Crippen LogP) is 0.510. The monoisotopic (exact) mass is 312 g/mol. The van der Waals surface area contributed by atoms with Crippen molar-refractivity contribution in [3.05, 3.63) is 40.6 Å². The molecule has 0 atom stereocenters. The molecule has 0 aliphatic carbocycles. The van der Waals surface area contributed by atoms with Gasteiger partial charge in [0.25, 0.3) is 5.91 Å². The van der Waals surface area contributed by atoms with Gasteiger partial charge < -0.3 is 20.8 Å². The quantitative estimate of drug-likeness (QED) is 0.831. The highest BCUT2D eigenvalue weighted by Crippen LogP contribution is 2.30. The maximum Gasteiger partial charge on any atom is 0.255 e. The fraction of sp³-hybridized carbons (Fsp3) is 0.167. The van der Waals surface area contributed by atoms with Crippen molar-refractivity contribution in [1.29, 1.82) is 0 Å². The zero-order chi connectivity index (χ0) is 13.1. The van der Waals surface area contributed by atoms with Crippen LogP contribution in [0.3, 0.4) is 0 Å². The van der Waals surface area contributed by atoms with E-state index in [9.17, 15) is 4.79 Å². The van der Waals surface area contributed by atoms with Gasteiger partial charge in [-0.1, -0.05) is 40.4 Å². The van der Waals surface area contributed by atoms with Crippen molar-refractivity contribution < 1.29 is 20.3 Å². The number of amides is 1. The second-order valence-electron chi connectivity index (χ2n) is 3.65. The molecule has 0 bridgehead atoms. The smallest absolute Gasteiger partial charge is 0.255 e. The summed E-state index contributed by atoms with van der Waals surface area (Å²) in [5.41, 5.74) is 1.57. The molecule has 0 aliphatic heterocycles. The van der Waals surface area contributed by atoms with Crippen molar-refractivity contribution >= 4 is 33.8 Å². The Labute approximate surface area is 129 Å². The minimum Gasteiger partial charge on any atom is -0.412 e. The SMILES string of the molecule is Cc1onc(-c2ccccc2Cl)c1C(=O)N[CH2][Al].O.O. The molecule has 0 spiro atoms. The van der Waals surface area contributed by atoms with Crippen molar-refractivity contribution in [2.24, 2.45) is 0 Å². The number of hydrogen-bond donors (Lipinski definition) is 1. The van der Waals surface area contributed by atoms with E-state index >= 15 is 0 Å². The van der Waals surface area contributed by atoms with Gasteiger partial charge in [-0.2, -0.15) is 0 Å². The van der Waals surface area contributed by atoms with Crippen LogP contribution >= 0.6 is 11.6 Å². The van der Waals surface area contributed by atoms with Gasteiger partial charge in [0.1, 0.15) is 17.0 Å². The van der Waals surface area contributed by atoms with Crippen LogP contribution < -0.4 is 5.32 Å². The third-order valence-corrected chi connectivity index (χ3v) is 3.02. The molecule has 2 radical (unpaired) electrons. The maximum absolute atomic E-state index is 12.0. The highest BCUT2D eigenvalue weighted by atomic mass is 35.5. The van der Waals surface area contributed by atoms with Gasteiger partial charge in [0.15, 0.2) is 16.3 Å². The molecule has 0 fully saturated rings. The molecule has 0 aliphatic rings. The van der Waals surface area contributed by atoms with Crippen molar-refractivity contribution in [3.8, 4) is 11.3 Å². The number of hydrogen-bond acceptors (Lipinski definition) is 3. The van der Waals surface area contributed by atoms with Crippen LogP contribution in [0.2, 0.25) is 5.02 Å². The van der Waals surface area contributed by atoms with E-state index in [0.29, 0.717) is 33.0 Å². The third kappa shape index (κ3) is 3.60. The average Bonchev–Trinajstić information content (AvgIpc) is 2.72. The number of carbonyl (C=O) groups is 1. The molecule has 1 aromatic heterocycles. The van der Waals surface area contributed by atoms with Crippen LogP contribution in [0.15, 0.2) is 28.8 Å². The van der Waals surface area contributed by atoms with Crippen LogP contribution in [-0.4, -0.2) is 43.7 Å². The Kier molecular flexibility index (Phi) is 7.50. The van der Waals surface area contributed by atoms with E-state index in [-0.39, 0.29) is 16.9 Å². The minimum atomic E-state index is -0.223. The van der Waals surface area contributed by atoms with Gasteiger partial charge in [0.2, 0.25) is 0 Å². The Morgan fingerprint density at radius 2 is 2.05 bits per heavy atom. The number of aromatic nitrogens is 1. The van der Waals surface area contributed by atoms with Gasteiger partial charge in [0, 0.05) is 5.56 Å². The minimum absolute atomic E-state index is 0. The summed E-state index contributed by atoms with van der Waals surface area (Å²) in [6.07, 6.45) is 0. The molecule has 106 valence electrons. The van der Waals surface area contributed by atoms with Crippen LogP contribution in [0.5, 0.6) is 0 Å². The zero-order valence-corrected chi connectivity index (χ0v) is 12.6. The number of rotatable bonds is 3. The summed E-state index contributed by atoms with van der Waals surface area (Å²) in [6, 6.07) is 7.21. The van der Waals surface area contributed by atoms with Crippen LogP contribution in [0.25, 0.3) is 11.3 Å². The number of nitrogens with zero attached hydrogens (tertiary/aromatic N) is 1. The lowest BCUT2D eigenvalue weighted by Crippen LogP contribution is -2.25. The molecule has 0 unspecified atom stereocenters. The molecule has 1 heterocycles. The number of benzene rings is 1. The van der Waals surface area contributed by atoms with Gasteiger partial charge in [0.05, 0.1) is 5.02 Å². The predicted molar refractivity (Wildman–Crippen MR) is 77.0 cm³/mol. The molecule has 0 saturated carbocycles. The lowest BCUT2D eigenvalue weighted by Gasteiger charge is -2.04. The average molecular weight is 313 g/mol. The highest BCUT2D eigenvalue weighted by Gasteiger charge is 2.22. The van der Waals surface area contributed by atoms with Crippen molar-refractivity contribution in [2.45, 2.75) is 6.92 Å². The van der Waals surface area contributed by atoms with Crippen LogP contribution in [0.1, 0.15) is 16.1 Å². The zero-order valence-electron chi connectivity index (χ0n) is 10.7. The molecule has 6 nitrogen and oxygen atoms in total. The van der Waals surface area contributed by atoms with E-state index in [4.69, 9.17) is 16.1 Å². The number of nitrogens with one attached hydrogen (secondary N) is 1. The molecular formula is C12H14AlClN2O4. The standard InChI is InChI=1S/C12H10ClN2O2.Al.2H2O/c1-7-10(12(16)14-2)11(15-17-7)8-5-3-4-6-9(8)13;;;/h3-6H,2H2,1H3,(H,14,16);;2*1H2. The van der Waals surface area contributed by atoms with E-state index in [0.717, 1.165) is 0 Å². The van der Waals surface area contributed by atoms with E-state index in [1.165, 1.54) is 0 Å². The Balaban J connectivity index is 0.00000180. The Hall–Kier alpha value is -1.36. The molecule has 2 rings (SSSR count). The first-order chi connectivity index (χ1) is 8.65. The lowest BCUT2D eigenvalue weighted by molar-refractivity contribution is 0.0959. The van der Waals surface area contributed by atoms with E-state index < -0.39 is 0 Å². The van der Waals surface area contributed by atoms with Crippen LogP contribution in [0, 0.1) is 6.92 Å². The molecule has 1 aromatic carbocycles. The van der Waals surface area contributed by atoms with Gasteiger partial charge in [-0.05, 0) is 13.0 Å². The summed E-state index contributed by atoms with van der Waals surface area (Å²) < 4.78 is 5.10. The number of carbonyl (C=O) groups excluding carboxylic acids is 1. The molecule has 20 heavy (non-hydrogen) atoms. The lowest BCUT2D eigenvalue weighted by atomic mass is 10.1. The second kappa shape index (κ2) is 8.05. The highest BCUT2D eigenvalue weighted by molar-refractivity contribution is 6.33. The molecule has 1 amide bonds. The second-order valence-corrected chi connectivity index (χ2v) is 4.47. The summed E-state index contributed by atoms with van der Waals surface area (Å²) in [7, 11) is 0. The first-order valence-corrected chi connectivity index (χ1v) is 6.54. The molecule has 8 heteroatoms. The first-order valence-electron chi connectivity index (χ1n) is 5.34. The fourth-order valence-corrected chi connectivity index (χ4v) is 2.07. The Morgan fingerprint density at radius 3 is 2.65 bits per heavy atom. The first kappa shape index (κ1) is 18.6. The number of aryl methyl sites for hydroxylation is 1. The topological polar surface area (TPSA) is 118 Å². The van der Waals surface area contributed by atoms with E-state index in [2.05, 4.69) is 26.8 Å². The summed E-state index contributed by atoms with van der Waals surface area (Å²) in [6.45, 7) is 1.70. The number of halogens is 1. The Morgan fingerprint density at radius 1 is 1.40 bits per heavy atom. The fourth-order valence-electron chi connectivity index (χ4n) is 1.66. The summed E-state index contributed by atoms with van der Waals surface area (Å²) in [5.74, 6) is 0.250. The van der Waals surface area contributed by atoms with Gasteiger partial charge in [-0.3, -0.25) is 4.79 Å². The van der Waals surface area contributed by atoms with Crippen molar-refractivity contribution in [2.75, 3.05) is 5.41 Å².